The zero-order valence-electron chi connectivity index (χ0n) is 14.0. The van der Waals surface area contributed by atoms with Crippen molar-refractivity contribution in [2.24, 2.45) is 0 Å². The molecule has 0 amide bonds. The number of nitrogens with zero attached hydrogens (tertiary/aromatic N) is 1. The van der Waals surface area contributed by atoms with E-state index in [-0.39, 0.29) is 29.0 Å². The Morgan fingerprint density at radius 1 is 1.32 bits per heavy atom. The number of aryl methyl sites for hydroxylation is 1. The molecule has 0 bridgehead atoms. The summed E-state index contributed by atoms with van der Waals surface area (Å²) in [5.74, 6) is -1.37. The third kappa shape index (κ3) is 3.89. The first-order valence-electron chi connectivity index (χ1n) is 7.91. The molecule has 0 spiro atoms. The molecule has 0 aliphatic carbocycles. The van der Waals surface area contributed by atoms with E-state index >= 15 is 0 Å². The standard InChI is InChI=1S/C19H18FNO4/c1-3-7-12-10-13(11-21)16(17(20)18(12)22)14-8-5-6-9-15(14)25-19(23)24-4-2/h5-6,8-10,22H,3-4,7H2,1-2H3. The van der Waals surface area contributed by atoms with Crippen LogP contribution in [0.3, 0.4) is 0 Å². The molecule has 0 aliphatic heterocycles. The van der Waals surface area contributed by atoms with Crippen LogP contribution in [0.4, 0.5) is 9.18 Å². The van der Waals surface area contributed by atoms with Gasteiger partial charge < -0.3 is 14.6 Å². The zero-order chi connectivity index (χ0) is 18.4. The summed E-state index contributed by atoms with van der Waals surface area (Å²) in [6, 6.07) is 9.59. The van der Waals surface area contributed by atoms with Crippen LogP contribution in [0.15, 0.2) is 30.3 Å². The van der Waals surface area contributed by atoms with E-state index in [2.05, 4.69) is 0 Å². The van der Waals surface area contributed by atoms with Crippen molar-refractivity contribution >= 4 is 6.16 Å². The summed E-state index contributed by atoms with van der Waals surface area (Å²) in [7, 11) is 0. The number of rotatable bonds is 5. The minimum atomic E-state index is -0.930. The number of ether oxygens (including phenoxy) is 2. The number of benzene rings is 2. The lowest BCUT2D eigenvalue weighted by atomic mass is 9.94. The molecule has 2 aromatic rings. The van der Waals surface area contributed by atoms with E-state index in [1.54, 1.807) is 19.1 Å². The van der Waals surface area contributed by atoms with E-state index < -0.39 is 17.7 Å². The third-order valence-corrected chi connectivity index (χ3v) is 3.57. The first-order chi connectivity index (χ1) is 12.0. The molecule has 2 aromatic carbocycles. The van der Waals surface area contributed by atoms with Gasteiger partial charge in [-0.1, -0.05) is 31.5 Å². The van der Waals surface area contributed by atoms with Gasteiger partial charge >= 0.3 is 6.16 Å². The van der Waals surface area contributed by atoms with E-state index in [1.165, 1.54) is 18.2 Å². The van der Waals surface area contributed by atoms with Gasteiger partial charge in [-0.3, -0.25) is 0 Å². The highest BCUT2D eigenvalue weighted by Gasteiger charge is 2.22. The predicted octanol–water partition coefficient (Wildman–Crippen LogP) is 4.56. The van der Waals surface area contributed by atoms with E-state index in [9.17, 15) is 19.6 Å². The summed E-state index contributed by atoms with van der Waals surface area (Å²) < 4.78 is 24.6. The van der Waals surface area contributed by atoms with Crippen molar-refractivity contribution in [2.45, 2.75) is 26.7 Å². The Kier molecular flexibility index (Phi) is 5.96. The highest BCUT2D eigenvalue weighted by molar-refractivity contribution is 5.80. The van der Waals surface area contributed by atoms with Crippen molar-refractivity contribution < 1.29 is 23.8 Å². The maximum absolute atomic E-state index is 14.8. The Labute approximate surface area is 145 Å². The number of nitriles is 1. The molecule has 2 rings (SSSR count). The molecule has 0 aliphatic rings. The minimum absolute atomic E-state index is 0.0407. The number of phenolic OH excluding ortho intramolecular Hbond substituents is 1. The van der Waals surface area contributed by atoms with Gasteiger partial charge in [-0.2, -0.15) is 5.26 Å². The molecule has 25 heavy (non-hydrogen) atoms. The number of para-hydroxylation sites is 1. The van der Waals surface area contributed by atoms with Crippen LogP contribution < -0.4 is 4.74 Å². The van der Waals surface area contributed by atoms with Gasteiger partial charge in [0.1, 0.15) is 5.75 Å². The molecule has 0 aromatic heterocycles. The van der Waals surface area contributed by atoms with Crippen molar-refractivity contribution in [2.75, 3.05) is 6.61 Å². The lowest BCUT2D eigenvalue weighted by Crippen LogP contribution is -2.11. The second kappa shape index (κ2) is 8.15. The topological polar surface area (TPSA) is 79.5 Å². The summed E-state index contributed by atoms with van der Waals surface area (Å²) in [6.45, 7) is 3.65. The average Bonchev–Trinajstić information content (AvgIpc) is 2.60. The Balaban J connectivity index is 2.61. The highest BCUT2D eigenvalue weighted by Crippen LogP contribution is 2.39. The molecule has 0 saturated carbocycles. The Bertz CT molecular complexity index is 827. The Morgan fingerprint density at radius 3 is 2.68 bits per heavy atom. The van der Waals surface area contributed by atoms with Crippen molar-refractivity contribution in [3.63, 3.8) is 0 Å². The van der Waals surface area contributed by atoms with Gasteiger partial charge in [0.15, 0.2) is 11.6 Å². The molecule has 6 heteroatoms. The molecule has 5 nitrogen and oxygen atoms in total. The summed E-state index contributed by atoms with van der Waals surface area (Å²) >= 11 is 0. The zero-order valence-corrected chi connectivity index (χ0v) is 14.0. The van der Waals surface area contributed by atoms with Gasteiger partial charge in [-0.25, -0.2) is 9.18 Å². The maximum Gasteiger partial charge on any atom is 0.513 e. The number of hydrogen-bond donors (Lipinski definition) is 1. The van der Waals surface area contributed by atoms with Crippen LogP contribution in [0.1, 0.15) is 31.4 Å². The minimum Gasteiger partial charge on any atom is -0.505 e. The molecular weight excluding hydrogens is 325 g/mol. The molecule has 0 radical (unpaired) electrons. The molecule has 0 unspecified atom stereocenters. The summed E-state index contributed by atoms with van der Waals surface area (Å²) in [5.41, 5.74) is 0.491. The van der Waals surface area contributed by atoms with Crippen LogP contribution >= 0.6 is 0 Å². The number of phenols is 1. The summed E-state index contributed by atoms with van der Waals surface area (Å²) in [5, 5.41) is 19.5. The van der Waals surface area contributed by atoms with Crippen LogP contribution in [-0.4, -0.2) is 17.9 Å². The fourth-order valence-corrected chi connectivity index (χ4v) is 2.50. The van der Waals surface area contributed by atoms with E-state index in [0.29, 0.717) is 18.4 Å². The smallest absolute Gasteiger partial charge is 0.505 e. The maximum atomic E-state index is 14.8. The van der Waals surface area contributed by atoms with Crippen LogP contribution in [0, 0.1) is 17.1 Å². The second-order valence-electron chi connectivity index (χ2n) is 5.26. The average molecular weight is 343 g/mol. The molecule has 1 N–H and O–H groups in total. The SMILES string of the molecule is CCCc1cc(C#N)c(-c2ccccc2OC(=O)OCC)c(F)c1O. The van der Waals surface area contributed by atoms with Gasteiger partial charge in [0, 0.05) is 11.1 Å². The van der Waals surface area contributed by atoms with Crippen LogP contribution in [0.2, 0.25) is 0 Å². The molecule has 130 valence electrons. The number of halogens is 1. The fraction of sp³-hybridized carbons (Fsp3) is 0.263. The van der Waals surface area contributed by atoms with E-state index in [0.717, 1.165) is 0 Å². The number of carbonyl (C=O) groups excluding carboxylic acids is 1. The molecular formula is C19H18FNO4. The Hall–Kier alpha value is -3.07. The van der Waals surface area contributed by atoms with E-state index in [4.69, 9.17) is 9.47 Å². The number of hydrogen-bond acceptors (Lipinski definition) is 5. The summed E-state index contributed by atoms with van der Waals surface area (Å²) in [6.07, 6.45) is 0.207. The molecule has 0 saturated heterocycles. The molecule has 0 heterocycles. The van der Waals surface area contributed by atoms with Gasteiger partial charge in [0.05, 0.1) is 18.2 Å². The van der Waals surface area contributed by atoms with Crippen molar-refractivity contribution in [1.82, 2.24) is 0 Å². The monoisotopic (exact) mass is 343 g/mol. The third-order valence-electron chi connectivity index (χ3n) is 3.57. The normalized spacial score (nSPS) is 10.2. The van der Waals surface area contributed by atoms with Crippen LogP contribution in [0.5, 0.6) is 11.5 Å². The van der Waals surface area contributed by atoms with Crippen LogP contribution in [-0.2, 0) is 11.2 Å². The van der Waals surface area contributed by atoms with E-state index in [1.807, 2.05) is 13.0 Å². The fourth-order valence-electron chi connectivity index (χ4n) is 2.50. The number of carbonyl (C=O) groups is 1. The van der Waals surface area contributed by atoms with Gasteiger partial charge in [0.25, 0.3) is 0 Å². The predicted molar refractivity (Wildman–Crippen MR) is 89.9 cm³/mol. The second-order valence-corrected chi connectivity index (χ2v) is 5.26. The largest absolute Gasteiger partial charge is 0.513 e. The first-order valence-corrected chi connectivity index (χ1v) is 7.91. The van der Waals surface area contributed by atoms with Gasteiger partial charge in [-0.15, -0.1) is 0 Å². The lowest BCUT2D eigenvalue weighted by Gasteiger charge is -2.14. The lowest BCUT2D eigenvalue weighted by molar-refractivity contribution is 0.104. The van der Waals surface area contributed by atoms with Gasteiger partial charge in [-0.05, 0) is 31.0 Å². The Morgan fingerprint density at radius 2 is 2.04 bits per heavy atom. The van der Waals surface area contributed by atoms with Crippen molar-refractivity contribution in [3.8, 4) is 28.7 Å². The van der Waals surface area contributed by atoms with Crippen molar-refractivity contribution in [3.05, 3.63) is 47.3 Å². The van der Waals surface area contributed by atoms with Crippen molar-refractivity contribution in [1.29, 1.82) is 5.26 Å². The van der Waals surface area contributed by atoms with Gasteiger partial charge in [0.2, 0.25) is 0 Å². The molecule has 0 fully saturated rings. The van der Waals surface area contributed by atoms with Crippen LogP contribution in [0.25, 0.3) is 11.1 Å². The highest BCUT2D eigenvalue weighted by atomic mass is 19.1. The molecule has 0 atom stereocenters. The first kappa shape index (κ1) is 18.3. The summed E-state index contributed by atoms with van der Waals surface area (Å²) in [4.78, 5) is 11.6. The quantitative estimate of drug-likeness (QED) is 0.636. The number of aromatic hydroxyl groups is 1.